The SMILES string of the molecule is Cc1ccccc1Oc1ccccc1CNC(=O)C(C)C1CNC1.Cl. The Morgan fingerprint density at radius 3 is 2.44 bits per heavy atom. The molecule has 3 rings (SSSR count). The van der Waals surface area contributed by atoms with E-state index in [2.05, 4.69) is 10.6 Å². The van der Waals surface area contributed by atoms with Crippen LogP contribution in [0.25, 0.3) is 0 Å². The Kier molecular flexibility index (Phi) is 6.85. The predicted molar refractivity (Wildman–Crippen MR) is 102 cm³/mol. The van der Waals surface area contributed by atoms with Crippen LogP contribution in [-0.4, -0.2) is 19.0 Å². The zero-order valence-corrected chi connectivity index (χ0v) is 15.4. The van der Waals surface area contributed by atoms with Crippen molar-refractivity contribution in [2.75, 3.05) is 13.1 Å². The average Bonchev–Trinajstić information content (AvgIpc) is 2.54. The fourth-order valence-corrected chi connectivity index (χ4v) is 2.76. The third-order valence-electron chi connectivity index (χ3n) is 4.67. The van der Waals surface area contributed by atoms with E-state index in [0.29, 0.717) is 12.5 Å². The molecule has 134 valence electrons. The number of benzene rings is 2. The first-order chi connectivity index (χ1) is 11.6. The number of nitrogens with one attached hydrogen (secondary N) is 2. The summed E-state index contributed by atoms with van der Waals surface area (Å²) in [5.41, 5.74) is 2.07. The van der Waals surface area contributed by atoms with Crippen molar-refractivity contribution < 1.29 is 9.53 Å². The molecule has 0 aliphatic carbocycles. The van der Waals surface area contributed by atoms with Gasteiger partial charge < -0.3 is 15.4 Å². The molecule has 2 aromatic rings. The van der Waals surface area contributed by atoms with Gasteiger partial charge in [-0.1, -0.05) is 43.3 Å². The summed E-state index contributed by atoms with van der Waals surface area (Å²) in [4.78, 5) is 12.3. The van der Waals surface area contributed by atoms with Gasteiger partial charge in [-0.2, -0.15) is 0 Å². The quantitative estimate of drug-likeness (QED) is 0.826. The Morgan fingerprint density at radius 2 is 1.80 bits per heavy atom. The second kappa shape index (κ2) is 8.88. The minimum atomic E-state index is 0. The summed E-state index contributed by atoms with van der Waals surface area (Å²) >= 11 is 0. The third kappa shape index (κ3) is 4.74. The number of carbonyl (C=O) groups is 1. The molecule has 1 atom stereocenters. The first-order valence-electron chi connectivity index (χ1n) is 8.45. The van der Waals surface area contributed by atoms with Crippen molar-refractivity contribution in [3.8, 4) is 11.5 Å². The van der Waals surface area contributed by atoms with Crippen LogP contribution in [0.4, 0.5) is 0 Å². The highest BCUT2D eigenvalue weighted by atomic mass is 35.5. The third-order valence-corrected chi connectivity index (χ3v) is 4.67. The highest BCUT2D eigenvalue weighted by Crippen LogP contribution is 2.27. The maximum Gasteiger partial charge on any atom is 0.223 e. The normalized spacial score (nSPS) is 14.8. The molecule has 1 unspecified atom stereocenters. The lowest BCUT2D eigenvalue weighted by Gasteiger charge is -2.31. The average molecular weight is 361 g/mol. The van der Waals surface area contributed by atoms with Crippen LogP contribution in [0.5, 0.6) is 11.5 Å². The lowest BCUT2D eigenvalue weighted by Crippen LogP contribution is -2.49. The molecule has 0 spiro atoms. The van der Waals surface area contributed by atoms with Gasteiger partial charge in [0.2, 0.25) is 5.91 Å². The van der Waals surface area contributed by atoms with E-state index in [-0.39, 0.29) is 24.2 Å². The van der Waals surface area contributed by atoms with Crippen LogP contribution in [0.2, 0.25) is 0 Å². The molecule has 1 aliphatic rings. The fraction of sp³-hybridized carbons (Fsp3) is 0.350. The first kappa shape index (κ1) is 19.3. The predicted octanol–water partition coefficient (Wildman–Crippen LogP) is 3.68. The molecule has 0 saturated carbocycles. The topological polar surface area (TPSA) is 50.4 Å². The van der Waals surface area contributed by atoms with Crippen LogP contribution in [0.3, 0.4) is 0 Å². The summed E-state index contributed by atoms with van der Waals surface area (Å²) in [6.45, 7) is 6.36. The Bertz CT molecular complexity index is 716. The van der Waals surface area contributed by atoms with E-state index in [1.807, 2.05) is 62.4 Å². The fourth-order valence-electron chi connectivity index (χ4n) is 2.76. The van der Waals surface area contributed by atoms with Gasteiger partial charge >= 0.3 is 0 Å². The molecule has 1 saturated heterocycles. The van der Waals surface area contributed by atoms with Gasteiger partial charge in [0.05, 0.1) is 0 Å². The van der Waals surface area contributed by atoms with E-state index in [9.17, 15) is 4.79 Å². The molecule has 1 aliphatic heterocycles. The second-order valence-corrected chi connectivity index (χ2v) is 6.40. The van der Waals surface area contributed by atoms with Gasteiger partial charge in [0.25, 0.3) is 0 Å². The smallest absolute Gasteiger partial charge is 0.223 e. The Labute approximate surface area is 155 Å². The van der Waals surface area contributed by atoms with E-state index in [1.54, 1.807) is 0 Å². The zero-order valence-electron chi connectivity index (χ0n) is 14.6. The molecule has 25 heavy (non-hydrogen) atoms. The van der Waals surface area contributed by atoms with Crippen molar-refractivity contribution in [1.29, 1.82) is 0 Å². The van der Waals surface area contributed by atoms with Crippen molar-refractivity contribution >= 4 is 18.3 Å². The summed E-state index contributed by atoms with van der Waals surface area (Å²) in [5, 5.41) is 6.25. The summed E-state index contributed by atoms with van der Waals surface area (Å²) in [6.07, 6.45) is 0. The van der Waals surface area contributed by atoms with Crippen molar-refractivity contribution in [2.45, 2.75) is 20.4 Å². The van der Waals surface area contributed by atoms with E-state index >= 15 is 0 Å². The highest BCUT2D eigenvalue weighted by Gasteiger charge is 2.28. The van der Waals surface area contributed by atoms with Gasteiger partial charge in [-0.25, -0.2) is 0 Å². The molecule has 2 N–H and O–H groups in total. The Morgan fingerprint density at radius 1 is 1.16 bits per heavy atom. The number of hydrogen-bond donors (Lipinski definition) is 2. The molecule has 4 nitrogen and oxygen atoms in total. The summed E-state index contributed by atoms with van der Waals surface area (Å²) in [5.74, 6) is 2.21. The monoisotopic (exact) mass is 360 g/mol. The molecule has 0 bridgehead atoms. The summed E-state index contributed by atoms with van der Waals surface area (Å²) in [7, 11) is 0. The van der Waals surface area contributed by atoms with Crippen molar-refractivity contribution in [1.82, 2.24) is 10.6 Å². The van der Waals surface area contributed by atoms with E-state index < -0.39 is 0 Å². The molecule has 0 radical (unpaired) electrons. The van der Waals surface area contributed by atoms with Crippen LogP contribution < -0.4 is 15.4 Å². The zero-order chi connectivity index (χ0) is 16.9. The highest BCUT2D eigenvalue weighted by molar-refractivity contribution is 5.85. The molecule has 5 heteroatoms. The number of aryl methyl sites for hydroxylation is 1. The number of carbonyl (C=O) groups excluding carboxylic acids is 1. The number of amides is 1. The number of ether oxygens (including phenoxy) is 1. The minimum Gasteiger partial charge on any atom is -0.457 e. The lowest BCUT2D eigenvalue weighted by atomic mass is 9.88. The maximum absolute atomic E-state index is 12.3. The van der Waals surface area contributed by atoms with Crippen molar-refractivity contribution in [2.24, 2.45) is 11.8 Å². The first-order valence-corrected chi connectivity index (χ1v) is 8.45. The van der Waals surface area contributed by atoms with E-state index in [4.69, 9.17) is 4.74 Å². The van der Waals surface area contributed by atoms with Gasteiger partial charge in [0.15, 0.2) is 0 Å². The molecule has 2 aromatic carbocycles. The van der Waals surface area contributed by atoms with Crippen LogP contribution in [0.1, 0.15) is 18.1 Å². The van der Waals surface area contributed by atoms with E-state index in [0.717, 1.165) is 35.7 Å². The Balaban J connectivity index is 0.00000225. The number of hydrogen-bond acceptors (Lipinski definition) is 3. The number of halogens is 1. The van der Waals surface area contributed by atoms with Gasteiger partial charge in [-0.15, -0.1) is 12.4 Å². The van der Waals surface area contributed by atoms with Crippen molar-refractivity contribution in [3.63, 3.8) is 0 Å². The molecule has 0 aromatic heterocycles. The molecular weight excluding hydrogens is 336 g/mol. The van der Waals surface area contributed by atoms with E-state index in [1.165, 1.54) is 0 Å². The van der Waals surface area contributed by atoms with Crippen LogP contribution >= 0.6 is 12.4 Å². The van der Waals surface area contributed by atoms with Crippen molar-refractivity contribution in [3.05, 3.63) is 59.7 Å². The molecule has 1 amide bonds. The van der Waals surface area contributed by atoms with Gasteiger partial charge in [-0.05, 0) is 43.6 Å². The van der Waals surface area contributed by atoms with Gasteiger partial charge in [0.1, 0.15) is 11.5 Å². The number of para-hydroxylation sites is 2. The van der Waals surface area contributed by atoms with Crippen LogP contribution in [0, 0.1) is 18.8 Å². The second-order valence-electron chi connectivity index (χ2n) is 6.40. The standard InChI is InChI=1S/C20H24N2O2.ClH/c1-14-7-3-5-9-18(14)24-19-10-6-4-8-16(19)13-22-20(23)15(2)17-11-21-12-17;/h3-10,15,17,21H,11-13H2,1-2H3,(H,22,23);1H. The van der Waals surface area contributed by atoms with Crippen LogP contribution in [-0.2, 0) is 11.3 Å². The minimum absolute atomic E-state index is 0. The Hall–Kier alpha value is -2.04. The van der Waals surface area contributed by atoms with Gasteiger partial charge in [0, 0.05) is 18.0 Å². The summed E-state index contributed by atoms with van der Waals surface area (Å²) < 4.78 is 6.05. The summed E-state index contributed by atoms with van der Waals surface area (Å²) in [6, 6.07) is 15.8. The lowest BCUT2D eigenvalue weighted by molar-refractivity contribution is -0.126. The number of rotatable bonds is 6. The maximum atomic E-state index is 12.3. The molecule has 1 fully saturated rings. The van der Waals surface area contributed by atoms with Gasteiger partial charge in [-0.3, -0.25) is 4.79 Å². The van der Waals surface area contributed by atoms with Crippen LogP contribution in [0.15, 0.2) is 48.5 Å². The molecular formula is C20H25ClN2O2. The largest absolute Gasteiger partial charge is 0.457 e. The molecule has 1 heterocycles.